The lowest BCUT2D eigenvalue weighted by molar-refractivity contribution is -0.120. The summed E-state index contributed by atoms with van der Waals surface area (Å²) in [5.74, 6) is 0.732. The van der Waals surface area contributed by atoms with Crippen LogP contribution < -0.4 is 15.8 Å². The van der Waals surface area contributed by atoms with Gasteiger partial charge in [-0.3, -0.25) is 4.79 Å². The predicted molar refractivity (Wildman–Crippen MR) is 88.6 cm³/mol. The summed E-state index contributed by atoms with van der Waals surface area (Å²) in [6.45, 7) is 3.06. The number of nitrogens with one attached hydrogen (secondary N) is 1. The Morgan fingerprint density at radius 1 is 1.14 bits per heavy atom. The van der Waals surface area contributed by atoms with Gasteiger partial charge in [0.25, 0.3) is 0 Å². The van der Waals surface area contributed by atoms with Crippen molar-refractivity contribution in [3.05, 3.63) is 59.7 Å². The fourth-order valence-corrected chi connectivity index (χ4v) is 2.16. The number of carbonyl (C=O) groups is 1. The van der Waals surface area contributed by atoms with E-state index in [-0.39, 0.29) is 5.91 Å². The highest BCUT2D eigenvalue weighted by molar-refractivity contribution is 5.76. The lowest BCUT2D eigenvalue weighted by Gasteiger charge is -2.10. The average Bonchev–Trinajstić information content (AvgIpc) is 2.53. The second kappa shape index (κ2) is 8.08. The molecule has 0 saturated heterocycles. The van der Waals surface area contributed by atoms with Crippen molar-refractivity contribution >= 4 is 11.6 Å². The highest BCUT2D eigenvalue weighted by Gasteiger charge is 2.05. The summed E-state index contributed by atoms with van der Waals surface area (Å²) in [5, 5.41) is 2.79. The number of benzene rings is 2. The molecule has 0 radical (unpaired) electrons. The van der Waals surface area contributed by atoms with E-state index in [1.165, 1.54) is 0 Å². The van der Waals surface area contributed by atoms with Crippen LogP contribution in [-0.2, 0) is 17.8 Å². The number of nitrogen functional groups attached to an aromatic ring is 1. The molecule has 0 unspecified atom stereocenters. The standard InChI is InChI=1S/C18H22N2O2/c1-2-20-18(21)11-9-14-8-10-17(16(19)12-14)22-13-15-6-4-3-5-7-15/h3-8,10,12H,2,9,11,13,19H2,1H3,(H,20,21). The van der Waals surface area contributed by atoms with Crippen LogP contribution in [0.15, 0.2) is 48.5 Å². The normalized spacial score (nSPS) is 10.2. The van der Waals surface area contributed by atoms with E-state index in [0.717, 1.165) is 11.1 Å². The minimum absolute atomic E-state index is 0.0606. The van der Waals surface area contributed by atoms with Gasteiger partial charge in [0.2, 0.25) is 5.91 Å². The summed E-state index contributed by atoms with van der Waals surface area (Å²) in [6, 6.07) is 15.6. The third kappa shape index (κ3) is 4.81. The van der Waals surface area contributed by atoms with Crippen LogP contribution >= 0.6 is 0 Å². The number of anilines is 1. The van der Waals surface area contributed by atoms with Crippen molar-refractivity contribution in [2.75, 3.05) is 12.3 Å². The molecule has 0 aromatic heterocycles. The SMILES string of the molecule is CCNC(=O)CCc1ccc(OCc2ccccc2)c(N)c1. The molecule has 0 heterocycles. The van der Waals surface area contributed by atoms with Gasteiger partial charge in [0.1, 0.15) is 12.4 Å². The molecule has 22 heavy (non-hydrogen) atoms. The van der Waals surface area contributed by atoms with Crippen LogP contribution in [0.4, 0.5) is 5.69 Å². The third-order valence-corrected chi connectivity index (χ3v) is 3.33. The smallest absolute Gasteiger partial charge is 0.220 e. The van der Waals surface area contributed by atoms with Crippen molar-refractivity contribution in [2.45, 2.75) is 26.4 Å². The zero-order valence-corrected chi connectivity index (χ0v) is 12.8. The van der Waals surface area contributed by atoms with Crippen LogP contribution in [0.3, 0.4) is 0 Å². The van der Waals surface area contributed by atoms with Gasteiger partial charge in [0.15, 0.2) is 0 Å². The summed E-state index contributed by atoms with van der Waals surface area (Å²) >= 11 is 0. The van der Waals surface area contributed by atoms with Gasteiger partial charge < -0.3 is 15.8 Å². The maximum absolute atomic E-state index is 11.5. The molecule has 2 rings (SSSR count). The molecule has 116 valence electrons. The minimum Gasteiger partial charge on any atom is -0.487 e. The number of nitrogens with two attached hydrogens (primary N) is 1. The first-order chi connectivity index (χ1) is 10.7. The molecule has 4 heteroatoms. The van der Waals surface area contributed by atoms with Gasteiger partial charge in [0, 0.05) is 13.0 Å². The fraction of sp³-hybridized carbons (Fsp3) is 0.278. The monoisotopic (exact) mass is 298 g/mol. The quantitative estimate of drug-likeness (QED) is 0.772. The average molecular weight is 298 g/mol. The van der Waals surface area contributed by atoms with Crippen LogP contribution in [0.25, 0.3) is 0 Å². The number of amides is 1. The number of aryl methyl sites for hydroxylation is 1. The second-order valence-electron chi connectivity index (χ2n) is 5.10. The molecular weight excluding hydrogens is 276 g/mol. The van der Waals surface area contributed by atoms with Gasteiger partial charge in [-0.1, -0.05) is 36.4 Å². The van der Waals surface area contributed by atoms with Crippen LogP contribution in [0.1, 0.15) is 24.5 Å². The molecule has 0 bridgehead atoms. The Morgan fingerprint density at radius 3 is 2.59 bits per heavy atom. The molecule has 3 N–H and O–H groups in total. The van der Waals surface area contributed by atoms with E-state index >= 15 is 0 Å². The maximum Gasteiger partial charge on any atom is 0.220 e. The van der Waals surface area contributed by atoms with Gasteiger partial charge in [0.05, 0.1) is 5.69 Å². The first kappa shape index (κ1) is 15.9. The van der Waals surface area contributed by atoms with Crippen LogP contribution in [0.5, 0.6) is 5.75 Å². The summed E-state index contributed by atoms with van der Waals surface area (Å²) in [5.41, 5.74) is 8.76. The summed E-state index contributed by atoms with van der Waals surface area (Å²) < 4.78 is 5.74. The lowest BCUT2D eigenvalue weighted by atomic mass is 10.1. The molecule has 2 aromatic carbocycles. The second-order valence-corrected chi connectivity index (χ2v) is 5.10. The Morgan fingerprint density at radius 2 is 1.91 bits per heavy atom. The highest BCUT2D eigenvalue weighted by atomic mass is 16.5. The molecule has 0 spiro atoms. The Kier molecular flexibility index (Phi) is 5.83. The third-order valence-electron chi connectivity index (χ3n) is 3.33. The number of hydrogen-bond donors (Lipinski definition) is 2. The highest BCUT2D eigenvalue weighted by Crippen LogP contribution is 2.24. The molecule has 0 saturated carbocycles. The molecule has 0 aliphatic heterocycles. The number of hydrogen-bond acceptors (Lipinski definition) is 3. The number of ether oxygens (including phenoxy) is 1. The van der Waals surface area contributed by atoms with Gasteiger partial charge in [-0.05, 0) is 36.6 Å². The zero-order chi connectivity index (χ0) is 15.8. The van der Waals surface area contributed by atoms with E-state index in [0.29, 0.717) is 37.4 Å². The van der Waals surface area contributed by atoms with E-state index in [4.69, 9.17) is 10.5 Å². The maximum atomic E-state index is 11.5. The zero-order valence-electron chi connectivity index (χ0n) is 12.8. The molecule has 0 atom stereocenters. The van der Waals surface area contributed by atoms with E-state index in [1.54, 1.807) is 0 Å². The van der Waals surface area contributed by atoms with Gasteiger partial charge in [-0.2, -0.15) is 0 Å². The number of rotatable bonds is 7. The Labute approximate surface area is 131 Å². The largest absolute Gasteiger partial charge is 0.487 e. The number of carbonyl (C=O) groups excluding carboxylic acids is 1. The molecule has 4 nitrogen and oxygen atoms in total. The molecule has 0 fully saturated rings. The van der Waals surface area contributed by atoms with Crippen LogP contribution in [0, 0.1) is 0 Å². The first-order valence-electron chi connectivity index (χ1n) is 7.51. The lowest BCUT2D eigenvalue weighted by Crippen LogP contribution is -2.22. The molecule has 1 amide bonds. The summed E-state index contributed by atoms with van der Waals surface area (Å²) in [6.07, 6.45) is 1.15. The molecule has 0 aliphatic rings. The Bertz CT molecular complexity index is 612. The van der Waals surface area contributed by atoms with Crippen molar-refractivity contribution in [2.24, 2.45) is 0 Å². The first-order valence-corrected chi connectivity index (χ1v) is 7.51. The van der Waals surface area contributed by atoms with E-state index < -0.39 is 0 Å². The van der Waals surface area contributed by atoms with Crippen molar-refractivity contribution in [3.8, 4) is 5.75 Å². The van der Waals surface area contributed by atoms with E-state index in [9.17, 15) is 4.79 Å². The Balaban J connectivity index is 1.90. The predicted octanol–water partition coefficient (Wildman–Crippen LogP) is 2.92. The van der Waals surface area contributed by atoms with Crippen molar-refractivity contribution in [1.82, 2.24) is 5.32 Å². The minimum atomic E-state index is 0.0606. The topological polar surface area (TPSA) is 64.3 Å². The van der Waals surface area contributed by atoms with Crippen LogP contribution in [0.2, 0.25) is 0 Å². The van der Waals surface area contributed by atoms with Crippen molar-refractivity contribution < 1.29 is 9.53 Å². The van der Waals surface area contributed by atoms with E-state index in [1.807, 2.05) is 55.5 Å². The van der Waals surface area contributed by atoms with Crippen LogP contribution in [-0.4, -0.2) is 12.5 Å². The fourth-order valence-electron chi connectivity index (χ4n) is 2.16. The van der Waals surface area contributed by atoms with Gasteiger partial charge in [-0.25, -0.2) is 0 Å². The molecule has 2 aromatic rings. The summed E-state index contributed by atoms with van der Waals surface area (Å²) in [4.78, 5) is 11.5. The van der Waals surface area contributed by atoms with Gasteiger partial charge in [-0.15, -0.1) is 0 Å². The van der Waals surface area contributed by atoms with Crippen molar-refractivity contribution in [3.63, 3.8) is 0 Å². The van der Waals surface area contributed by atoms with Crippen molar-refractivity contribution in [1.29, 1.82) is 0 Å². The van der Waals surface area contributed by atoms with Gasteiger partial charge >= 0.3 is 0 Å². The molecule has 0 aliphatic carbocycles. The van der Waals surface area contributed by atoms with E-state index in [2.05, 4.69) is 5.32 Å². The molecular formula is C18H22N2O2. The summed E-state index contributed by atoms with van der Waals surface area (Å²) in [7, 11) is 0. The Hall–Kier alpha value is -2.49.